The topological polar surface area (TPSA) is 72.5 Å². The summed E-state index contributed by atoms with van der Waals surface area (Å²) in [6.07, 6.45) is 2.63. The lowest BCUT2D eigenvalue weighted by Gasteiger charge is -2.28. The van der Waals surface area contributed by atoms with E-state index in [1.807, 2.05) is 38.1 Å². The molecule has 1 atom stereocenters. The molecule has 0 aliphatic rings. The van der Waals surface area contributed by atoms with Crippen LogP contribution in [-0.2, 0) is 16.0 Å². The third-order valence-corrected chi connectivity index (χ3v) is 3.41. The van der Waals surface area contributed by atoms with Crippen molar-refractivity contribution in [1.82, 2.24) is 0 Å². The zero-order valence-electron chi connectivity index (χ0n) is 11.7. The van der Waals surface area contributed by atoms with E-state index in [2.05, 4.69) is 0 Å². The van der Waals surface area contributed by atoms with Gasteiger partial charge in [0.15, 0.2) is 5.60 Å². The number of rotatable bonds is 8. The number of aliphatic carboxylic acids is 1. The first-order chi connectivity index (χ1) is 9.04. The monoisotopic (exact) mass is 265 g/mol. The van der Waals surface area contributed by atoms with Gasteiger partial charge in [0.2, 0.25) is 0 Å². The first-order valence-corrected chi connectivity index (χ1v) is 6.76. The second kappa shape index (κ2) is 7.14. The number of hydrogen-bond donors (Lipinski definition) is 2. The van der Waals surface area contributed by atoms with E-state index >= 15 is 0 Å². The lowest BCUT2D eigenvalue weighted by molar-refractivity contribution is -0.167. The average Bonchev–Trinajstić information content (AvgIpc) is 2.39. The van der Waals surface area contributed by atoms with E-state index in [9.17, 15) is 9.90 Å². The van der Waals surface area contributed by atoms with Crippen LogP contribution in [0.25, 0.3) is 0 Å². The van der Waals surface area contributed by atoms with E-state index < -0.39 is 11.6 Å². The maximum absolute atomic E-state index is 11.4. The van der Waals surface area contributed by atoms with Crippen molar-refractivity contribution in [3.8, 4) is 0 Å². The lowest BCUT2D eigenvalue weighted by atomic mass is 9.92. The number of carboxylic acids is 1. The third kappa shape index (κ3) is 4.24. The Labute approximate surface area is 114 Å². The van der Waals surface area contributed by atoms with Gasteiger partial charge in [0.1, 0.15) is 0 Å². The number of anilines is 1. The lowest BCUT2D eigenvalue weighted by Crippen LogP contribution is -2.41. The summed E-state index contributed by atoms with van der Waals surface area (Å²) < 4.78 is 5.48. The average molecular weight is 265 g/mol. The molecule has 1 unspecified atom stereocenters. The third-order valence-electron chi connectivity index (χ3n) is 3.41. The zero-order valence-corrected chi connectivity index (χ0v) is 11.7. The van der Waals surface area contributed by atoms with Crippen molar-refractivity contribution < 1.29 is 14.6 Å². The van der Waals surface area contributed by atoms with Crippen molar-refractivity contribution in [2.45, 2.75) is 45.1 Å². The highest BCUT2D eigenvalue weighted by Crippen LogP contribution is 2.24. The quantitative estimate of drug-likeness (QED) is 0.709. The molecule has 0 aliphatic carbocycles. The number of ether oxygens (including phenoxy) is 1. The van der Waals surface area contributed by atoms with E-state index in [1.165, 1.54) is 5.56 Å². The van der Waals surface area contributed by atoms with E-state index in [-0.39, 0.29) is 0 Å². The Morgan fingerprint density at radius 2 is 1.95 bits per heavy atom. The molecule has 0 spiro atoms. The molecule has 0 amide bonds. The smallest absolute Gasteiger partial charge is 0.335 e. The van der Waals surface area contributed by atoms with Gasteiger partial charge in [0.05, 0.1) is 0 Å². The molecule has 0 radical (unpaired) electrons. The Morgan fingerprint density at radius 3 is 2.42 bits per heavy atom. The molecule has 0 aromatic heterocycles. The van der Waals surface area contributed by atoms with Gasteiger partial charge in [0, 0.05) is 12.3 Å². The first kappa shape index (κ1) is 15.5. The SMILES string of the molecule is CCOC(CC)(CCCc1ccc(N)cc1)C(=O)O. The zero-order chi connectivity index (χ0) is 14.3. The van der Waals surface area contributed by atoms with Crippen LogP contribution in [0.2, 0.25) is 0 Å². The summed E-state index contributed by atoms with van der Waals surface area (Å²) in [4.78, 5) is 11.4. The Bertz CT molecular complexity index is 402. The van der Waals surface area contributed by atoms with Crippen LogP contribution >= 0.6 is 0 Å². The number of nitrogens with two attached hydrogens (primary N) is 1. The molecule has 0 saturated carbocycles. The molecule has 3 N–H and O–H groups in total. The van der Waals surface area contributed by atoms with Crippen molar-refractivity contribution in [3.63, 3.8) is 0 Å². The van der Waals surface area contributed by atoms with Crippen LogP contribution in [0.5, 0.6) is 0 Å². The van der Waals surface area contributed by atoms with Gasteiger partial charge in [-0.05, 0) is 50.3 Å². The second-order valence-electron chi connectivity index (χ2n) is 4.68. The number of carbonyl (C=O) groups is 1. The van der Waals surface area contributed by atoms with Crippen LogP contribution < -0.4 is 5.73 Å². The summed E-state index contributed by atoms with van der Waals surface area (Å²) >= 11 is 0. The summed E-state index contributed by atoms with van der Waals surface area (Å²) in [7, 11) is 0. The number of hydrogen-bond acceptors (Lipinski definition) is 3. The van der Waals surface area contributed by atoms with Crippen LogP contribution in [0.4, 0.5) is 5.69 Å². The van der Waals surface area contributed by atoms with Gasteiger partial charge in [-0.15, -0.1) is 0 Å². The van der Waals surface area contributed by atoms with Gasteiger partial charge in [-0.1, -0.05) is 19.1 Å². The van der Waals surface area contributed by atoms with Crippen molar-refractivity contribution in [2.75, 3.05) is 12.3 Å². The largest absolute Gasteiger partial charge is 0.479 e. The minimum Gasteiger partial charge on any atom is -0.479 e. The fraction of sp³-hybridized carbons (Fsp3) is 0.533. The van der Waals surface area contributed by atoms with Crippen molar-refractivity contribution >= 4 is 11.7 Å². The first-order valence-electron chi connectivity index (χ1n) is 6.76. The van der Waals surface area contributed by atoms with Gasteiger partial charge in [-0.25, -0.2) is 4.79 Å². The summed E-state index contributed by atoms with van der Waals surface area (Å²) in [5, 5.41) is 9.35. The van der Waals surface area contributed by atoms with E-state index in [0.717, 1.165) is 18.5 Å². The molecule has 106 valence electrons. The number of nitrogen functional groups attached to an aromatic ring is 1. The van der Waals surface area contributed by atoms with Gasteiger partial charge in [-0.2, -0.15) is 0 Å². The Morgan fingerprint density at radius 1 is 1.32 bits per heavy atom. The van der Waals surface area contributed by atoms with Crippen LogP contribution in [0.3, 0.4) is 0 Å². The molecule has 0 bridgehead atoms. The maximum atomic E-state index is 11.4. The maximum Gasteiger partial charge on any atom is 0.335 e. The second-order valence-corrected chi connectivity index (χ2v) is 4.68. The fourth-order valence-electron chi connectivity index (χ4n) is 2.21. The molecule has 0 heterocycles. The van der Waals surface area contributed by atoms with Crippen LogP contribution in [0, 0.1) is 0 Å². The van der Waals surface area contributed by atoms with Crippen molar-refractivity contribution in [2.24, 2.45) is 0 Å². The molecule has 0 fully saturated rings. The molecule has 0 saturated heterocycles. The Hall–Kier alpha value is -1.55. The van der Waals surface area contributed by atoms with E-state index in [1.54, 1.807) is 0 Å². The normalized spacial score (nSPS) is 14.0. The Balaban J connectivity index is 2.57. The van der Waals surface area contributed by atoms with Gasteiger partial charge in [-0.3, -0.25) is 0 Å². The summed E-state index contributed by atoms with van der Waals surface area (Å²) in [5.41, 5.74) is 6.50. The van der Waals surface area contributed by atoms with Gasteiger partial charge < -0.3 is 15.6 Å². The molecule has 19 heavy (non-hydrogen) atoms. The van der Waals surface area contributed by atoms with E-state index in [4.69, 9.17) is 10.5 Å². The van der Waals surface area contributed by atoms with Gasteiger partial charge in [0.25, 0.3) is 0 Å². The van der Waals surface area contributed by atoms with Crippen LogP contribution in [-0.4, -0.2) is 23.3 Å². The molecule has 1 aromatic rings. The molecular weight excluding hydrogens is 242 g/mol. The molecule has 4 heteroatoms. The minimum atomic E-state index is -1.04. The highest BCUT2D eigenvalue weighted by atomic mass is 16.5. The Kier molecular flexibility index (Phi) is 5.83. The van der Waals surface area contributed by atoms with Crippen molar-refractivity contribution in [3.05, 3.63) is 29.8 Å². The molecule has 1 rings (SSSR count). The van der Waals surface area contributed by atoms with E-state index in [0.29, 0.717) is 19.4 Å². The van der Waals surface area contributed by atoms with Crippen LogP contribution in [0.15, 0.2) is 24.3 Å². The summed E-state index contributed by atoms with van der Waals surface area (Å²) in [5.74, 6) is -0.867. The standard InChI is InChI=1S/C15H23NO3/c1-3-15(14(17)18,19-4-2)11-5-6-12-7-9-13(16)10-8-12/h7-10H,3-6,11,16H2,1-2H3,(H,17,18). The molecule has 4 nitrogen and oxygen atoms in total. The van der Waals surface area contributed by atoms with Gasteiger partial charge >= 0.3 is 5.97 Å². The summed E-state index contributed by atoms with van der Waals surface area (Å²) in [6.45, 7) is 4.10. The number of carboxylic acid groups (broad SMARTS) is 1. The molecule has 1 aromatic carbocycles. The number of aryl methyl sites for hydroxylation is 1. The predicted molar refractivity (Wildman–Crippen MR) is 76.1 cm³/mol. The molecular formula is C15H23NO3. The predicted octanol–water partition coefficient (Wildman–Crippen LogP) is 2.86. The van der Waals surface area contributed by atoms with Crippen molar-refractivity contribution in [1.29, 1.82) is 0 Å². The number of benzene rings is 1. The highest BCUT2D eigenvalue weighted by Gasteiger charge is 2.36. The summed E-state index contributed by atoms with van der Waals surface area (Å²) in [6, 6.07) is 7.68. The fourth-order valence-corrected chi connectivity index (χ4v) is 2.21. The minimum absolute atomic E-state index is 0.419. The molecule has 0 aliphatic heterocycles. The van der Waals surface area contributed by atoms with Crippen LogP contribution in [0.1, 0.15) is 38.7 Å². The highest BCUT2D eigenvalue weighted by molar-refractivity contribution is 5.77.